The fourth-order valence-corrected chi connectivity index (χ4v) is 4.06. The number of amides is 3. The van der Waals surface area contributed by atoms with Gasteiger partial charge in [0.25, 0.3) is 5.91 Å². The molecule has 1 saturated heterocycles. The van der Waals surface area contributed by atoms with Crippen LogP contribution in [0, 0.1) is 0 Å². The lowest BCUT2D eigenvalue weighted by Gasteiger charge is -2.26. The van der Waals surface area contributed by atoms with Gasteiger partial charge in [0.1, 0.15) is 5.75 Å². The summed E-state index contributed by atoms with van der Waals surface area (Å²) in [5.74, 6) is 0.594. The number of aromatic nitrogens is 2. The van der Waals surface area contributed by atoms with Gasteiger partial charge < -0.3 is 24.8 Å². The molecule has 1 fully saturated rings. The van der Waals surface area contributed by atoms with E-state index in [1.54, 1.807) is 24.5 Å². The van der Waals surface area contributed by atoms with Crippen LogP contribution >= 0.6 is 11.6 Å². The highest BCUT2D eigenvalue weighted by Gasteiger charge is 2.19. The van der Waals surface area contributed by atoms with E-state index in [1.807, 2.05) is 27.7 Å². The van der Waals surface area contributed by atoms with Gasteiger partial charge in [0.15, 0.2) is 0 Å². The quantitative estimate of drug-likeness (QED) is 0.584. The molecule has 2 heterocycles. The molecular weight excluding hydrogens is 430 g/mol. The van der Waals surface area contributed by atoms with E-state index in [9.17, 15) is 9.59 Å². The Morgan fingerprint density at radius 2 is 1.94 bits per heavy atom. The highest BCUT2D eigenvalue weighted by atomic mass is 35.5. The van der Waals surface area contributed by atoms with Crippen molar-refractivity contribution in [1.29, 1.82) is 0 Å². The number of likely N-dealkylation sites (tertiary alicyclic amines) is 1. The lowest BCUT2D eigenvalue weighted by atomic mass is 10.1. The number of imidazole rings is 1. The molecule has 0 spiro atoms. The van der Waals surface area contributed by atoms with Crippen LogP contribution in [0.5, 0.6) is 5.75 Å². The van der Waals surface area contributed by atoms with Gasteiger partial charge in [-0.2, -0.15) is 0 Å². The van der Waals surface area contributed by atoms with Gasteiger partial charge in [-0.15, -0.1) is 0 Å². The van der Waals surface area contributed by atoms with Crippen molar-refractivity contribution in [3.8, 4) is 5.75 Å². The van der Waals surface area contributed by atoms with Gasteiger partial charge in [-0.25, -0.2) is 9.78 Å². The van der Waals surface area contributed by atoms with Crippen LogP contribution in [0.15, 0.2) is 42.7 Å². The first-order valence-electron chi connectivity index (χ1n) is 10.7. The van der Waals surface area contributed by atoms with Crippen molar-refractivity contribution in [1.82, 2.24) is 19.8 Å². The third-order valence-electron chi connectivity index (χ3n) is 5.56. The average Bonchev–Trinajstić information content (AvgIpc) is 3.21. The van der Waals surface area contributed by atoms with Crippen molar-refractivity contribution < 1.29 is 14.3 Å². The number of nitrogens with one attached hydrogen (secondary N) is 2. The number of hydrogen-bond donors (Lipinski definition) is 2. The first kappa shape index (κ1) is 22.0. The zero-order valence-electron chi connectivity index (χ0n) is 17.9. The lowest BCUT2D eigenvalue weighted by molar-refractivity contribution is 0.0724. The van der Waals surface area contributed by atoms with E-state index in [0.29, 0.717) is 35.1 Å². The number of piperidine rings is 1. The molecule has 0 atom stereocenters. The van der Waals surface area contributed by atoms with Crippen LogP contribution in [0.4, 0.5) is 10.5 Å². The summed E-state index contributed by atoms with van der Waals surface area (Å²) in [5.41, 5.74) is 2.84. The van der Waals surface area contributed by atoms with Crippen LogP contribution in [-0.4, -0.2) is 53.1 Å². The Labute approximate surface area is 191 Å². The maximum Gasteiger partial charge on any atom is 0.319 e. The minimum absolute atomic E-state index is 0.0657. The molecule has 1 aliphatic heterocycles. The number of anilines is 1. The van der Waals surface area contributed by atoms with Crippen LogP contribution < -0.4 is 15.4 Å². The van der Waals surface area contributed by atoms with E-state index >= 15 is 0 Å². The van der Waals surface area contributed by atoms with E-state index < -0.39 is 0 Å². The largest absolute Gasteiger partial charge is 0.495 e. The number of methoxy groups -OCH3 is 1. The first-order chi connectivity index (χ1) is 15.5. The van der Waals surface area contributed by atoms with Gasteiger partial charge in [0, 0.05) is 36.8 Å². The summed E-state index contributed by atoms with van der Waals surface area (Å²) in [6, 6.07) is 10.3. The number of carbonyl (C=O) groups excluding carboxylic acids is 2. The van der Waals surface area contributed by atoms with Gasteiger partial charge in [-0.3, -0.25) is 4.79 Å². The highest BCUT2D eigenvalue weighted by Crippen LogP contribution is 2.27. The SMILES string of the molecule is COc1ccc(Cl)cc1NC(=O)NCCn1cnc2cc(C(=O)N3CCCCC3)ccc21. The van der Waals surface area contributed by atoms with Gasteiger partial charge in [0.2, 0.25) is 0 Å². The Morgan fingerprint density at radius 1 is 1.12 bits per heavy atom. The molecule has 3 amide bonds. The molecule has 0 radical (unpaired) electrons. The minimum Gasteiger partial charge on any atom is -0.495 e. The summed E-state index contributed by atoms with van der Waals surface area (Å²) in [5, 5.41) is 6.07. The number of fused-ring (bicyclic) bond motifs is 1. The van der Waals surface area contributed by atoms with E-state index in [4.69, 9.17) is 16.3 Å². The number of benzene rings is 2. The summed E-state index contributed by atoms with van der Waals surface area (Å²) in [4.78, 5) is 31.4. The predicted molar refractivity (Wildman–Crippen MR) is 125 cm³/mol. The van der Waals surface area contributed by atoms with Gasteiger partial charge in [-0.1, -0.05) is 11.6 Å². The fraction of sp³-hybridized carbons (Fsp3) is 0.348. The van der Waals surface area contributed by atoms with E-state index in [1.165, 1.54) is 13.5 Å². The van der Waals surface area contributed by atoms with Crippen molar-refractivity contribution in [3.05, 3.63) is 53.3 Å². The number of hydrogen-bond acceptors (Lipinski definition) is 4. The molecule has 2 N–H and O–H groups in total. The number of ether oxygens (including phenoxy) is 1. The molecule has 32 heavy (non-hydrogen) atoms. The molecule has 0 bridgehead atoms. The van der Waals surface area contributed by atoms with Crippen LogP contribution in [0.2, 0.25) is 5.02 Å². The highest BCUT2D eigenvalue weighted by molar-refractivity contribution is 6.31. The van der Waals surface area contributed by atoms with Gasteiger partial charge in [0.05, 0.1) is 30.2 Å². The third-order valence-corrected chi connectivity index (χ3v) is 5.79. The smallest absolute Gasteiger partial charge is 0.319 e. The third kappa shape index (κ3) is 4.96. The van der Waals surface area contributed by atoms with Crippen molar-refractivity contribution in [2.75, 3.05) is 32.1 Å². The van der Waals surface area contributed by atoms with E-state index in [2.05, 4.69) is 15.6 Å². The van der Waals surface area contributed by atoms with Crippen molar-refractivity contribution in [2.24, 2.45) is 0 Å². The maximum absolute atomic E-state index is 12.7. The van der Waals surface area contributed by atoms with Crippen LogP contribution in [0.25, 0.3) is 11.0 Å². The zero-order chi connectivity index (χ0) is 22.5. The molecule has 168 valence electrons. The fourth-order valence-electron chi connectivity index (χ4n) is 3.89. The Hall–Kier alpha value is -3.26. The van der Waals surface area contributed by atoms with E-state index in [0.717, 1.165) is 37.0 Å². The molecule has 1 aromatic heterocycles. The second-order valence-electron chi connectivity index (χ2n) is 7.72. The summed E-state index contributed by atoms with van der Waals surface area (Å²) < 4.78 is 7.19. The van der Waals surface area contributed by atoms with Gasteiger partial charge >= 0.3 is 6.03 Å². The minimum atomic E-state index is -0.357. The topological polar surface area (TPSA) is 88.5 Å². The molecule has 2 aromatic carbocycles. The van der Waals surface area contributed by atoms with Crippen LogP contribution in [-0.2, 0) is 6.54 Å². The standard InChI is InChI=1S/C23H26ClN5O3/c1-32-21-8-6-17(24)14-19(21)27-23(31)25-9-12-29-15-26-18-13-16(5-7-20(18)29)22(30)28-10-3-2-4-11-28/h5-8,13-15H,2-4,9-12H2,1H3,(H2,25,27,31). The Balaban J connectivity index is 1.35. The van der Waals surface area contributed by atoms with Crippen LogP contribution in [0.1, 0.15) is 29.6 Å². The van der Waals surface area contributed by atoms with Crippen molar-refractivity contribution in [2.45, 2.75) is 25.8 Å². The number of nitrogens with zero attached hydrogens (tertiary/aromatic N) is 3. The normalized spacial score (nSPS) is 13.8. The molecule has 1 aliphatic rings. The number of carbonyl (C=O) groups is 2. The molecule has 4 rings (SSSR count). The van der Waals surface area contributed by atoms with Crippen molar-refractivity contribution >= 4 is 40.3 Å². The van der Waals surface area contributed by atoms with Gasteiger partial charge in [-0.05, 0) is 55.7 Å². The number of urea groups is 1. The molecule has 0 unspecified atom stereocenters. The second-order valence-corrected chi connectivity index (χ2v) is 8.16. The summed E-state index contributed by atoms with van der Waals surface area (Å²) in [6.07, 6.45) is 5.03. The molecule has 8 nitrogen and oxygen atoms in total. The molecule has 0 aliphatic carbocycles. The summed E-state index contributed by atoms with van der Waals surface area (Å²) >= 11 is 6.00. The number of halogens is 1. The predicted octanol–water partition coefficient (Wildman–Crippen LogP) is 4.15. The number of rotatable bonds is 6. The maximum atomic E-state index is 12.7. The average molecular weight is 456 g/mol. The molecular formula is C23H26ClN5O3. The monoisotopic (exact) mass is 455 g/mol. The van der Waals surface area contributed by atoms with E-state index in [-0.39, 0.29) is 11.9 Å². The summed E-state index contributed by atoms with van der Waals surface area (Å²) in [7, 11) is 1.53. The Kier molecular flexibility index (Phi) is 6.80. The van der Waals surface area contributed by atoms with Crippen molar-refractivity contribution in [3.63, 3.8) is 0 Å². The van der Waals surface area contributed by atoms with Crippen LogP contribution in [0.3, 0.4) is 0 Å². The molecule has 0 saturated carbocycles. The Bertz CT molecular complexity index is 1120. The Morgan fingerprint density at radius 3 is 2.72 bits per heavy atom. The molecule has 3 aromatic rings. The zero-order valence-corrected chi connectivity index (χ0v) is 18.7. The first-order valence-corrected chi connectivity index (χ1v) is 11.1. The molecule has 9 heteroatoms. The lowest BCUT2D eigenvalue weighted by Crippen LogP contribution is -2.35. The summed E-state index contributed by atoms with van der Waals surface area (Å²) in [6.45, 7) is 2.57. The second kappa shape index (κ2) is 9.91.